The molecule has 0 amide bonds. The van der Waals surface area contributed by atoms with Crippen LogP contribution in [0.5, 0.6) is 0 Å². The molecule has 2 aromatic carbocycles. The molecule has 0 aliphatic carbocycles. The van der Waals surface area contributed by atoms with Crippen LogP contribution >= 0.6 is 15.9 Å². The topological polar surface area (TPSA) is 39.2 Å². The monoisotopic (exact) mass is 315 g/mol. The summed E-state index contributed by atoms with van der Waals surface area (Å²) in [5.41, 5.74) is 9.39. The summed E-state index contributed by atoms with van der Waals surface area (Å²) >= 11 is 3.50. The normalized spacial score (nSPS) is 12.8. The van der Waals surface area contributed by atoms with Crippen molar-refractivity contribution in [2.45, 2.75) is 13.0 Å². The van der Waals surface area contributed by atoms with E-state index in [0.29, 0.717) is 0 Å². The molecule has 0 bridgehead atoms. The van der Waals surface area contributed by atoms with Gasteiger partial charge >= 0.3 is 0 Å². The molecule has 1 heterocycles. The highest BCUT2D eigenvalue weighted by molar-refractivity contribution is 9.10. The Morgan fingerprint density at radius 1 is 1.11 bits per heavy atom. The van der Waals surface area contributed by atoms with Crippen LogP contribution in [0.2, 0.25) is 0 Å². The summed E-state index contributed by atoms with van der Waals surface area (Å²) in [5.74, 6) is 0.794. The van der Waals surface area contributed by atoms with Gasteiger partial charge in [0.25, 0.3) is 0 Å². The molecule has 0 fully saturated rings. The summed E-state index contributed by atoms with van der Waals surface area (Å²) in [6.45, 7) is 2.05. The summed E-state index contributed by atoms with van der Waals surface area (Å²) in [7, 11) is 0. The van der Waals surface area contributed by atoms with Crippen LogP contribution < -0.4 is 5.73 Å². The number of para-hydroxylation sites is 1. The molecule has 1 aromatic heterocycles. The van der Waals surface area contributed by atoms with Gasteiger partial charge < -0.3 is 10.2 Å². The number of hydrogen-bond donors (Lipinski definition) is 1. The predicted molar refractivity (Wildman–Crippen MR) is 81.1 cm³/mol. The maximum absolute atomic E-state index is 6.29. The molecular formula is C16H14BrNO. The SMILES string of the molecule is Cc1cc(C(N)c2cc3ccccc3o2)ccc1Br. The second kappa shape index (κ2) is 4.83. The average Bonchev–Trinajstić information content (AvgIpc) is 2.85. The molecule has 1 unspecified atom stereocenters. The lowest BCUT2D eigenvalue weighted by molar-refractivity contribution is 0.525. The number of furan rings is 1. The summed E-state index contributed by atoms with van der Waals surface area (Å²) in [6.07, 6.45) is 0. The number of rotatable bonds is 2. The van der Waals surface area contributed by atoms with Crippen LogP contribution in [-0.2, 0) is 0 Å². The highest BCUT2D eigenvalue weighted by Crippen LogP contribution is 2.28. The molecule has 3 rings (SSSR count). The van der Waals surface area contributed by atoms with Gasteiger partial charge in [0.15, 0.2) is 0 Å². The van der Waals surface area contributed by atoms with Crippen molar-refractivity contribution in [1.29, 1.82) is 0 Å². The van der Waals surface area contributed by atoms with E-state index in [0.717, 1.165) is 26.8 Å². The van der Waals surface area contributed by atoms with Crippen LogP contribution in [0.15, 0.2) is 57.4 Å². The predicted octanol–water partition coefficient (Wildman–Crippen LogP) is 4.55. The first-order valence-electron chi connectivity index (χ1n) is 6.15. The van der Waals surface area contributed by atoms with Crippen LogP contribution in [0.1, 0.15) is 22.9 Å². The van der Waals surface area contributed by atoms with Gasteiger partial charge in [-0.15, -0.1) is 0 Å². The van der Waals surface area contributed by atoms with Crippen molar-refractivity contribution < 1.29 is 4.42 Å². The van der Waals surface area contributed by atoms with Crippen molar-refractivity contribution in [3.8, 4) is 0 Å². The van der Waals surface area contributed by atoms with E-state index in [1.165, 1.54) is 5.56 Å². The zero-order chi connectivity index (χ0) is 13.4. The lowest BCUT2D eigenvalue weighted by Gasteiger charge is -2.10. The van der Waals surface area contributed by atoms with E-state index in [-0.39, 0.29) is 6.04 Å². The van der Waals surface area contributed by atoms with E-state index in [1.54, 1.807) is 0 Å². The molecule has 0 spiro atoms. The Bertz CT molecular complexity index is 699. The third-order valence-corrected chi connectivity index (χ3v) is 4.18. The van der Waals surface area contributed by atoms with Crippen molar-refractivity contribution >= 4 is 26.9 Å². The molecule has 0 aliphatic heterocycles. The fraction of sp³-hybridized carbons (Fsp3) is 0.125. The Hall–Kier alpha value is -1.58. The third-order valence-electron chi connectivity index (χ3n) is 3.29. The molecule has 2 nitrogen and oxygen atoms in total. The van der Waals surface area contributed by atoms with Gasteiger partial charge in [-0.05, 0) is 36.2 Å². The average molecular weight is 316 g/mol. The summed E-state index contributed by atoms with van der Waals surface area (Å²) in [6, 6.07) is 15.9. The minimum atomic E-state index is -0.237. The molecule has 19 heavy (non-hydrogen) atoms. The Labute approximate surface area is 120 Å². The van der Waals surface area contributed by atoms with Gasteiger partial charge in [0.1, 0.15) is 11.3 Å². The zero-order valence-corrected chi connectivity index (χ0v) is 12.1. The molecule has 0 radical (unpaired) electrons. The molecule has 2 N–H and O–H groups in total. The van der Waals surface area contributed by atoms with E-state index in [9.17, 15) is 0 Å². The van der Waals surface area contributed by atoms with Crippen LogP contribution in [0.3, 0.4) is 0 Å². The van der Waals surface area contributed by atoms with E-state index in [1.807, 2.05) is 42.5 Å². The van der Waals surface area contributed by atoms with E-state index >= 15 is 0 Å². The third kappa shape index (κ3) is 2.31. The lowest BCUT2D eigenvalue weighted by Crippen LogP contribution is -2.10. The van der Waals surface area contributed by atoms with Crippen molar-refractivity contribution in [3.05, 3.63) is 69.9 Å². The molecular weight excluding hydrogens is 302 g/mol. The molecule has 0 saturated heterocycles. The number of hydrogen-bond acceptors (Lipinski definition) is 2. The van der Waals surface area contributed by atoms with Gasteiger partial charge in [0, 0.05) is 9.86 Å². The Morgan fingerprint density at radius 3 is 2.63 bits per heavy atom. The Morgan fingerprint density at radius 2 is 1.89 bits per heavy atom. The smallest absolute Gasteiger partial charge is 0.134 e. The van der Waals surface area contributed by atoms with Crippen molar-refractivity contribution in [3.63, 3.8) is 0 Å². The summed E-state index contributed by atoms with van der Waals surface area (Å²) < 4.78 is 6.91. The molecule has 96 valence electrons. The van der Waals surface area contributed by atoms with Crippen LogP contribution in [0.4, 0.5) is 0 Å². The first-order valence-corrected chi connectivity index (χ1v) is 6.94. The minimum Gasteiger partial charge on any atom is -0.459 e. The van der Waals surface area contributed by atoms with E-state index < -0.39 is 0 Å². The number of fused-ring (bicyclic) bond motifs is 1. The molecule has 3 aromatic rings. The van der Waals surface area contributed by atoms with Gasteiger partial charge in [0.2, 0.25) is 0 Å². The van der Waals surface area contributed by atoms with E-state index in [2.05, 4.69) is 28.9 Å². The van der Waals surface area contributed by atoms with Crippen molar-refractivity contribution in [2.24, 2.45) is 5.73 Å². The van der Waals surface area contributed by atoms with Crippen molar-refractivity contribution in [1.82, 2.24) is 0 Å². The first kappa shape index (κ1) is 12.5. The second-order valence-electron chi connectivity index (χ2n) is 4.67. The fourth-order valence-corrected chi connectivity index (χ4v) is 2.43. The second-order valence-corrected chi connectivity index (χ2v) is 5.53. The quantitative estimate of drug-likeness (QED) is 0.753. The fourth-order valence-electron chi connectivity index (χ4n) is 2.18. The van der Waals surface area contributed by atoms with Gasteiger partial charge in [-0.25, -0.2) is 0 Å². The standard InChI is InChI=1S/C16H14BrNO/c1-10-8-12(6-7-13(10)17)16(18)15-9-11-4-2-3-5-14(11)19-15/h2-9,16H,18H2,1H3. The molecule has 3 heteroatoms. The molecule has 0 aliphatic rings. The Balaban J connectivity index is 2.02. The number of aryl methyl sites for hydroxylation is 1. The first-order chi connectivity index (χ1) is 9.15. The summed E-state index contributed by atoms with van der Waals surface area (Å²) in [5, 5.41) is 1.08. The molecule has 0 saturated carbocycles. The number of nitrogens with two attached hydrogens (primary N) is 1. The summed E-state index contributed by atoms with van der Waals surface area (Å²) in [4.78, 5) is 0. The van der Waals surface area contributed by atoms with Crippen LogP contribution in [-0.4, -0.2) is 0 Å². The molecule has 1 atom stereocenters. The largest absolute Gasteiger partial charge is 0.459 e. The van der Waals surface area contributed by atoms with Gasteiger partial charge in [0.05, 0.1) is 6.04 Å². The lowest BCUT2D eigenvalue weighted by atomic mass is 10.0. The van der Waals surface area contributed by atoms with Gasteiger partial charge in [-0.2, -0.15) is 0 Å². The van der Waals surface area contributed by atoms with Crippen molar-refractivity contribution in [2.75, 3.05) is 0 Å². The maximum Gasteiger partial charge on any atom is 0.134 e. The Kier molecular flexibility index (Phi) is 3.17. The highest BCUT2D eigenvalue weighted by Gasteiger charge is 2.14. The highest BCUT2D eigenvalue weighted by atomic mass is 79.9. The maximum atomic E-state index is 6.29. The minimum absolute atomic E-state index is 0.237. The zero-order valence-electron chi connectivity index (χ0n) is 10.6. The van der Waals surface area contributed by atoms with Crippen LogP contribution in [0, 0.1) is 6.92 Å². The van der Waals surface area contributed by atoms with Gasteiger partial charge in [-0.3, -0.25) is 0 Å². The number of halogens is 1. The van der Waals surface area contributed by atoms with Crippen LogP contribution in [0.25, 0.3) is 11.0 Å². The van der Waals surface area contributed by atoms with E-state index in [4.69, 9.17) is 10.2 Å². The number of benzene rings is 2. The van der Waals surface area contributed by atoms with Gasteiger partial charge in [-0.1, -0.05) is 46.3 Å².